The van der Waals surface area contributed by atoms with E-state index in [0.717, 1.165) is 5.69 Å². The van der Waals surface area contributed by atoms with Gasteiger partial charge in [-0.25, -0.2) is 4.98 Å². The molecule has 0 bridgehead atoms. The summed E-state index contributed by atoms with van der Waals surface area (Å²) in [5, 5.41) is 10.6. The van der Waals surface area contributed by atoms with E-state index >= 15 is 0 Å². The fourth-order valence-electron chi connectivity index (χ4n) is 2.80. The highest BCUT2D eigenvalue weighted by atomic mass is 16.2. The van der Waals surface area contributed by atoms with Gasteiger partial charge in [0.15, 0.2) is 11.2 Å². The van der Waals surface area contributed by atoms with Gasteiger partial charge in [-0.15, -0.1) is 5.10 Å². The SMILES string of the molecule is O=C1CN(C(=O)Cn2cnc3c(nnn3-c3ccccc3)c2=O)CCN1. The van der Waals surface area contributed by atoms with Crippen molar-refractivity contribution >= 4 is 23.0 Å². The van der Waals surface area contributed by atoms with Crippen molar-refractivity contribution in [1.82, 2.24) is 34.8 Å². The second-order valence-electron chi connectivity index (χ2n) is 5.85. The zero-order valence-corrected chi connectivity index (χ0v) is 13.7. The summed E-state index contributed by atoms with van der Waals surface area (Å²) >= 11 is 0. The van der Waals surface area contributed by atoms with Crippen LogP contribution in [0.15, 0.2) is 41.5 Å². The minimum Gasteiger partial charge on any atom is -0.353 e. The zero-order valence-electron chi connectivity index (χ0n) is 13.7. The van der Waals surface area contributed by atoms with Crippen LogP contribution in [0.25, 0.3) is 16.9 Å². The summed E-state index contributed by atoms with van der Waals surface area (Å²) in [4.78, 5) is 42.0. The Morgan fingerprint density at radius 3 is 2.77 bits per heavy atom. The van der Waals surface area contributed by atoms with Crippen LogP contribution < -0.4 is 10.9 Å². The Morgan fingerprint density at radius 2 is 2.00 bits per heavy atom. The standard InChI is InChI=1S/C16H15N7O3/c24-12-8-21(7-6-17-12)13(25)9-22-10-18-15-14(16(22)26)19-20-23(15)11-4-2-1-3-5-11/h1-5,10H,6-9H2,(H,17,24). The number of piperazine rings is 1. The monoisotopic (exact) mass is 353 g/mol. The number of hydrogen-bond donors (Lipinski definition) is 1. The topological polar surface area (TPSA) is 115 Å². The largest absolute Gasteiger partial charge is 0.353 e. The molecule has 0 spiro atoms. The first-order valence-electron chi connectivity index (χ1n) is 8.04. The average Bonchev–Trinajstić information content (AvgIpc) is 3.09. The lowest BCUT2D eigenvalue weighted by Gasteiger charge is -2.26. The number of aromatic nitrogens is 5. The van der Waals surface area contributed by atoms with Crippen molar-refractivity contribution in [2.45, 2.75) is 6.54 Å². The van der Waals surface area contributed by atoms with Gasteiger partial charge in [0.05, 0.1) is 12.2 Å². The quantitative estimate of drug-likeness (QED) is 0.641. The van der Waals surface area contributed by atoms with Gasteiger partial charge in [0, 0.05) is 13.1 Å². The molecule has 1 N–H and O–H groups in total. The fraction of sp³-hybridized carbons (Fsp3) is 0.250. The number of hydrogen-bond acceptors (Lipinski definition) is 6. The zero-order chi connectivity index (χ0) is 18.1. The molecule has 1 aromatic carbocycles. The molecule has 3 aromatic rings. The maximum Gasteiger partial charge on any atom is 0.284 e. The van der Waals surface area contributed by atoms with Crippen LogP contribution in [0, 0.1) is 0 Å². The first-order chi connectivity index (χ1) is 12.6. The van der Waals surface area contributed by atoms with E-state index in [-0.39, 0.29) is 30.4 Å². The van der Waals surface area contributed by atoms with Crippen LogP contribution in [0.1, 0.15) is 0 Å². The minimum absolute atomic E-state index is 0.00650. The predicted molar refractivity (Wildman–Crippen MR) is 90.5 cm³/mol. The second kappa shape index (κ2) is 6.39. The maximum atomic E-state index is 12.6. The van der Waals surface area contributed by atoms with E-state index in [9.17, 15) is 14.4 Å². The van der Waals surface area contributed by atoms with Gasteiger partial charge >= 0.3 is 0 Å². The molecule has 1 aliphatic heterocycles. The first-order valence-corrected chi connectivity index (χ1v) is 8.04. The van der Waals surface area contributed by atoms with Crippen LogP contribution >= 0.6 is 0 Å². The molecular formula is C16H15N7O3. The molecule has 0 saturated carbocycles. The molecule has 26 heavy (non-hydrogen) atoms. The van der Waals surface area contributed by atoms with E-state index < -0.39 is 5.56 Å². The van der Waals surface area contributed by atoms with Gasteiger partial charge in [-0.1, -0.05) is 23.4 Å². The lowest BCUT2D eigenvalue weighted by Crippen LogP contribution is -2.51. The Bertz CT molecular complexity index is 1040. The van der Waals surface area contributed by atoms with Crippen molar-refractivity contribution in [2.75, 3.05) is 19.6 Å². The molecule has 0 atom stereocenters. The number of amides is 2. The second-order valence-corrected chi connectivity index (χ2v) is 5.85. The van der Waals surface area contributed by atoms with E-state index in [1.165, 1.54) is 20.5 Å². The third kappa shape index (κ3) is 2.81. The van der Waals surface area contributed by atoms with E-state index in [2.05, 4.69) is 20.6 Å². The third-order valence-corrected chi connectivity index (χ3v) is 4.13. The van der Waals surface area contributed by atoms with Crippen LogP contribution in [-0.4, -0.2) is 60.9 Å². The smallest absolute Gasteiger partial charge is 0.284 e. The number of rotatable bonds is 3. The predicted octanol–water partition coefficient (Wildman–Crippen LogP) is -1.06. The number of nitrogens with one attached hydrogen (secondary N) is 1. The summed E-state index contributed by atoms with van der Waals surface area (Å²) in [5.41, 5.74) is 0.685. The number of fused-ring (bicyclic) bond motifs is 1. The van der Waals surface area contributed by atoms with E-state index in [1.807, 2.05) is 30.3 Å². The summed E-state index contributed by atoms with van der Waals surface area (Å²) in [6, 6.07) is 9.21. The molecule has 0 radical (unpaired) electrons. The number of carbonyl (C=O) groups is 2. The van der Waals surface area contributed by atoms with Crippen LogP contribution in [0.5, 0.6) is 0 Å². The average molecular weight is 353 g/mol. The Labute approximate surface area is 147 Å². The molecule has 3 heterocycles. The van der Waals surface area contributed by atoms with Gasteiger partial charge in [-0.05, 0) is 12.1 Å². The summed E-state index contributed by atoms with van der Waals surface area (Å²) in [5.74, 6) is -0.533. The molecule has 1 aliphatic rings. The summed E-state index contributed by atoms with van der Waals surface area (Å²) < 4.78 is 2.65. The minimum atomic E-state index is -0.452. The lowest BCUT2D eigenvalue weighted by atomic mass is 10.3. The molecule has 0 aliphatic carbocycles. The van der Waals surface area contributed by atoms with Gasteiger partial charge < -0.3 is 10.2 Å². The highest BCUT2D eigenvalue weighted by Crippen LogP contribution is 2.11. The Kier molecular flexibility index (Phi) is 3.92. The Hall–Kier alpha value is -3.56. The molecule has 1 saturated heterocycles. The number of para-hydroxylation sites is 1. The fourth-order valence-corrected chi connectivity index (χ4v) is 2.80. The summed E-state index contributed by atoms with van der Waals surface area (Å²) in [6.45, 7) is 0.613. The van der Waals surface area contributed by atoms with Gasteiger partial charge in [-0.2, -0.15) is 4.68 Å². The lowest BCUT2D eigenvalue weighted by molar-refractivity contribution is -0.138. The molecular weight excluding hydrogens is 338 g/mol. The first kappa shape index (κ1) is 15.9. The molecule has 1 fully saturated rings. The van der Waals surface area contributed by atoms with Crippen LogP contribution in [0.2, 0.25) is 0 Å². The third-order valence-electron chi connectivity index (χ3n) is 4.13. The number of carbonyl (C=O) groups excluding carboxylic acids is 2. The molecule has 132 valence electrons. The van der Waals surface area contributed by atoms with Crippen LogP contribution in [0.4, 0.5) is 0 Å². The highest BCUT2D eigenvalue weighted by molar-refractivity contribution is 5.86. The van der Waals surface area contributed by atoms with Gasteiger partial charge in [-0.3, -0.25) is 19.0 Å². The van der Waals surface area contributed by atoms with E-state index in [4.69, 9.17) is 0 Å². The van der Waals surface area contributed by atoms with Gasteiger partial charge in [0.1, 0.15) is 12.9 Å². The molecule has 0 unspecified atom stereocenters. The summed E-state index contributed by atoms with van der Waals surface area (Å²) in [6.07, 6.45) is 1.30. The normalized spacial score (nSPS) is 14.5. The van der Waals surface area contributed by atoms with Crippen molar-refractivity contribution < 1.29 is 9.59 Å². The van der Waals surface area contributed by atoms with Crippen LogP contribution in [-0.2, 0) is 16.1 Å². The molecule has 4 rings (SSSR count). The van der Waals surface area contributed by atoms with E-state index in [0.29, 0.717) is 18.7 Å². The molecule has 10 heteroatoms. The van der Waals surface area contributed by atoms with Crippen LogP contribution in [0.3, 0.4) is 0 Å². The number of nitrogens with zero attached hydrogens (tertiary/aromatic N) is 6. The van der Waals surface area contributed by atoms with E-state index in [1.54, 1.807) is 0 Å². The van der Waals surface area contributed by atoms with Crippen molar-refractivity contribution in [3.8, 4) is 5.69 Å². The Balaban J connectivity index is 1.63. The molecule has 2 amide bonds. The van der Waals surface area contributed by atoms with Crippen molar-refractivity contribution in [1.29, 1.82) is 0 Å². The summed E-state index contributed by atoms with van der Waals surface area (Å²) in [7, 11) is 0. The van der Waals surface area contributed by atoms with Crippen molar-refractivity contribution in [3.63, 3.8) is 0 Å². The van der Waals surface area contributed by atoms with Crippen molar-refractivity contribution in [2.24, 2.45) is 0 Å². The van der Waals surface area contributed by atoms with Gasteiger partial charge in [0.2, 0.25) is 11.8 Å². The maximum absolute atomic E-state index is 12.6. The van der Waals surface area contributed by atoms with Crippen molar-refractivity contribution in [3.05, 3.63) is 47.0 Å². The molecule has 2 aromatic heterocycles. The highest BCUT2D eigenvalue weighted by Gasteiger charge is 2.22. The number of benzene rings is 1. The molecule has 10 nitrogen and oxygen atoms in total. The Morgan fingerprint density at radius 1 is 1.19 bits per heavy atom. The van der Waals surface area contributed by atoms with Gasteiger partial charge in [0.25, 0.3) is 5.56 Å².